The third kappa shape index (κ3) is 2.94. The van der Waals surface area contributed by atoms with Crippen molar-refractivity contribution in [1.29, 1.82) is 0 Å². The molecule has 8 heteroatoms. The molecular weight excluding hydrogens is 393 g/mol. The van der Waals surface area contributed by atoms with Gasteiger partial charge in [0.05, 0.1) is 27.0 Å². The Bertz CT molecular complexity index is 1350. The molecule has 4 aromatic rings. The van der Waals surface area contributed by atoms with E-state index in [0.717, 1.165) is 15.8 Å². The van der Waals surface area contributed by atoms with Crippen LogP contribution >= 0.6 is 11.6 Å². The molecule has 0 fully saturated rings. The van der Waals surface area contributed by atoms with E-state index < -0.39 is 18.2 Å². The summed E-state index contributed by atoms with van der Waals surface area (Å²) in [4.78, 5) is 21.9. The minimum atomic E-state index is -2.17. The largest absolute Gasteiger partial charge is 0.328 e. The average molecular weight is 410 g/mol. The van der Waals surface area contributed by atoms with Gasteiger partial charge in [0.2, 0.25) is 0 Å². The second kappa shape index (κ2) is 6.63. The number of carbonyl (C=O) groups is 1. The Hall–Kier alpha value is -3.32. The number of hydrogen-bond acceptors (Lipinski definition) is 4. The molecule has 5 rings (SSSR count). The number of nitrogens with zero attached hydrogens (tertiary/aromatic N) is 5. The molecule has 144 valence electrons. The first-order valence-electron chi connectivity index (χ1n) is 9.81. The number of halogens is 2. The number of amides is 1. The quantitative estimate of drug-likeness (QED) is 0.513. The lowest BCUT2D eigenvalue weighted by molar-refractivity contribution is 0.0765. The van der Waals surface area contributed by atoms with Gasteiger partial charge < -0.3 is 4.90 Å². The fourth-order valence-electron chi connectivity index (χ4n) is 3.46. The van der Waals surface area contributed by atoms with E-state index >= 15 is 4.39 Å². The van der Waals surface area contributed by atoms with Crippen LogP contribution in [0.25, 0.3) is 22.2 Å². The fraction of sp³-hybridized carbons (Fsp3) is 0.143. The van der Waals surface area contributed by atoms with Crippen LogP contribution in [0.2, 0.25) is 5.02 Å². The molecule has 6 nitrogen and oxygen atoms in total. The molecular formula is C21H15ClFN5O. The molecule has 1 aromatic carbocycles. The van der Waals surface area contributed by atoms with E-state index in [2.05, 4.69) is 15.1 Å². The van der Waals surface area contributed by atoms with E-state index in [4.69, 9.17) is 14.3 Å². The monoisotopic (exact) mass is 409 g/mol. The SMILES string of the molecule is [2H]C1([2H])c2ncccc2C(=O)N1Cc1c(F)cc(-c2ccnc3nn(C)cc23)cc1Cl. The molecule has 0 saturated carbocycles. The van der Waals surface area contributed by atoms with Crippen LogP contribution in [0.5, 0.6) is 0 Å². The molecule has 4 heterocycles. The number of pyridine rings is 2. The molecule has 1 amide bonds. The normalized spacial score (nSPS) is 16.1. The number of rotatable bonds is 3. The number of fused-ring (bicyclic) bond motifs is 2. The van der Waals surface area contributed by atoms with Crippen molar-refractivity contribution in [2.24, 2.45) is 7.05 Å². The van der Waals surface area contributed by atoms with Crippen LogP contribution in [-0.2, 0) is 20.1 Å². The van der Waals surface area contributed by atoms with Crippen molar-refractivity contribution in [2.75, 3.05) is 0 Å². The second-order valence-corrected chi connectivity index (χ2v) is 7.13. The van der Waals surface area contributed by atoms with Crippen molar-refractivity contribution in [3.05, 3.63) is 76.6 Å². The third-order valence-electron chi connectivity index (χ3n) is 4.83. The summed E-state index contributed by atoms with van der Waals surface area (Å²) in [5, 5.41) is 5.11. The fourth-order valence-corrected chi connectivity index (χ4v) is 3.72. The Kier molecular flexibility index (Phi) is 3.56. The maximum absolute atomic E-state index is 15.2. The molecule has 1 aliphatic heterocycles. The van der Waals surface area contributed by atoms with Gasteiger partial charge in [-0.15, -0.1) is 0 Å². The summed E-state index contributed by atoms with van der Waals surface area (Å²) in [5.41, 5.74) is 2.00. The second-order valence-electron chi connectivity index (χ2n) is 6.72. The smallest absolute Gasteiger partial charge is 0.256 e. The highest BCUT2D eigenvalue weighted by Gasteiger charge is 2.29. The summed E-state index contributed by atoms with van der Waals surface area (Å²) >= 11 is 6.42. The summed E-state index contributed by atoms with van der Waals surface area (Å²) in [6.45, 7) is -2.50. The van der Waals surface area contributed by atoms with E-state index in [1.807, 2.05) is 0 Å². The van der Waals surface area contributed by atoms with Crippen LogP contribution in [0.4, 0.5) is 4.39 Å². The number of hydrogen-bond donors (Lipinski definition) is 0. The van der Waals surface area contributed by atoms with Gasteiger partial charge >= 0.3 is 0 Å². The summed E-state index contributed by atoms with van der Waals surface area (Å²) in [6, 6.07) is 7.74. The van der Waals surface area contributed by atoms with Crippen molar-refractivity contribution in [3.8, 4) is 11.1 Å². The highest BCUT2D eigenvalue weighted by Crippen LogP contribution is 2.33. The maximum Gasteiger partial charge on any atom is 0.256 e. The van der Waals surface area contributed by atoms with Crippen LogP contribution < -0.4 is 0 Å². The molecule has 0 bridgehead atoms. The highest BCUT2D eigenvalue weighted by molar-refractivity contribution is 6.31. The van der Waals surface area contributed by atoms with E-state index in [1.165, 1.54) is 18.3 Å². The zero-order chi connectivity index (χ0) is 21.9. The van der Waals surface area contributed by atoms with Crippen LogP contribution in [0.3, 0.4) is 0 Å². The summed E-state index contributed by atoms with van der Waals surface area (Å²) in [5.74, 6) is -1.19. The topological polar surface area (TPSA) is 63.9 Å². The van der Waals surface area contributed by atoms with Gasteiger partial charge in [0.25, 0.3) is 5.91 Å². The summed E-state index contributed by atoms with van der Waals surface area (Å²) in [6.07, 6.45) is 4.80. The number of aryl methyl sites for hydroxylation is 1. The maximum atomic E-state index is 15.2. The van der Waals surface area contributed by atoms with Gasteiger partial charge in [-0.2, -0.15) is 5.10 Å². The zero-order valence-corrected chi connectivity index (χ0v) is 16.0. The van der Waals surface area contributed by atoms with Gasteiger partial charge in [-0.1, -0.05) is 11.6 Å². The average Bonchev–Trinajstić information content (AvgIpc) is 3.20. The minimum Gasteiger partial charge on any atom is -0.328 e. The molecule has 0 aliphatic carbocycles. The molecule has 0 radical (unpaired) electrons. The molecule has 0 N–H and O–H groups in total. The Morgan fingerprint density at radius 1 is 1.24 bits per heavy atom. The Labute approximate surface area is 173 Å². The Balaban J connectivity index is 1.55. The minimum absolute atomic E-state index is 0.0175. The molecule has 0 spiro atoms. The van der Waals surface area contributed by atoms with Crippen LogP contribution in [0, 0.1) is 5.82 Å². The molecule has 3 aromatic heterocycles. The van der Waals surface area contributed by atoms with Gasteiger partial charge in [-0.05, 0) is 41.5 Å². The predicted molar refractivity (Wildman–Crippen MR) is 107 cm³/mol. The Morgan fingerprint density at radius 2 is 2.10 bits per heavy atom. The lowest BCUT2D eigenvalue weighted by atomic mass is 10.0. The van der Waals surface area contributed by atoms with Gasteiger partial charge in [-0.25, -0.2) is 9.37 Å². The van der Waals surface area contributed by atoms with E-state index in [0.29, 0.717) is 11.2 Å². The lowest BCUT2D eigenvalue weighted by Gasteiger charge is -2.17. The molecule has 0 unspecified atom stereocenters. The van der Waals surface area contributed by atoms with Crippen molar-refractivity contribution in [1.82, 2.24) is 24.6 Å². The standard InChI is InChI=1S/C21H15ClFN5O/c1-27-9-15-13(4-6-25-20(15)26-27)12-7-17(22)16(18(23)8-12)10-28-11-19-14(21(28)29)3-2-5-24-19/h2-9H,10-11H2,1H3/i11D2. The van der Waals surface area contributed by atoms with Crippen LogP contribution in [0.1, 0.15) is 24.4 Å². The summed E-state index contributed by atoms with van der Waals surface area (Å²) in [7, 11) is 1.77. The first-order valence-corrected chi connectivity index (χ1v) is 9.19. The predicted octanol–water partition coefficient (Wildman–Crippen LogP) is 3.98. The van der Waals surface area contributed by atoms with Crippen molar-refractivity contribution < 1.29 is 11.9 Å². The van der Waals surface area contributed by atoms with Gasteiger partial charge in [0, 0.05) is 41.6 Å². The van der Waals surface area contributed by atoms with E-state index in [-0.39, 0.29) is 28.4 Å². The van der Waals surface area contributed by atoms with Gasteiger partial charge in [0.1, 0.15) is 5.82 Å². The highest BCUT2D eigenvalue weighted by atomic mass is 35.5. The molecule has 0 atom stereocenters. The lowest BCUT2D eigenvalue weighted by Crippen LogP contribution is -2.24. The van der Waals surface area contributed by atoms with E-state index in [9.17, 15) is 4.79 Å². The third-order valence-corrected chi connectivity index (χ3v) is 5.17. The van der Waals surface area contributed by atoms with Gasteiger partial charge in [-0.3, -0.25) is 14.5 Å². The zero-order valence-electron chi connectivity index (χ0n) is 17.2. The Morgan fingerprint density at radius 3 is 2.90 bits per heavy atom. The van der Waals surface area contributed by atoms with E-state index in [1.54, 1.807) is 42.3 Å². The molecule has 0 saturated heterocycles. The van der Waals surface area contributed by atoms with Gasteiger partial charge in [0.15, 0.2) is 5.65 Å². The first kappa shape index (κ1) is 15.6. The molecule has 1 aliphatic rings. The van der Waals surface area contributed by atoms with Crippen molar-refractivity contribution in [2.45, 2.75) is 13.0 Å². The number of benzene rings is 1. The number of aromatic nitrogens is 4. The van der Waals surface area contributed by atoms with Crippen molar-refractivity contribution >= 4 is 28.5 Å². The summed E-state index contributed by atoms with van der Waals surface area (Å²) < 4.78 is 33.5. The van der Waals surface area contributed by atoms with Crippen LogP contribution in [0.15, 0.2) is 48.9 Å². The first-order chi connectivity index (χ1) is 14.8. The van der Waals surface area contributed by atoms with Crippen LogP contribution in [-0.4, -0.2) is 30.6 Å². The van der Waals surface area contributed by atoms with Crippen molar-refractivity contribution in [3.63, 3.8) is 0 Å². The molecule has 29 heavy (non-hydrogen) atoms. The number of carbonyl (C=O) groups excluding carboxylic acids is 1.